The van der Waals surface area contributed by atoms with Gasteiger partial charge in [0, 0.05) is 61.2 Å². The first-order valence-electron chi connectivity index (χ1n) is 14.2. The van der Waals surface area contributed by atoms with Crippen LogP contribution in [-0.2, 0) is 33.3 Å². The van der Waals surface area contributed by atoms with Gasteiger partial charge in [-0.3, -0.25) is 9.59 Å². The first kappa shape index (κ1) is 34.5. The molecule has 2 heterocycles. The number of amides is 2. The fourth-order valence-corrected chi connectivity index (χ4v) is 6.04. The van der Waals surface area contributed by atoms with Crippen molar-refractivity contribution in [3.63, 3.8) is 0 Å². The Morgan fingerprint density at radius 2 is 1.73 bits per heavy atom. The minimum absolute atomic E-state index is 0.0659. The maximum atomic E-state index is 15.3. The topological polar surface area (TPSA) is 172 Å². The molecule has 45 heavy (non-hydrogen) atoms. The summed E-state index contributed by atoms with van der Waals surface area (Å²) in [4.78, 5) is 39.8. The Morgan fingerprint density at radius 3 is 2.29 bits per heavy atom. The Morgan fingerprint density at radius 1 is 1.11 bits per heavy atom. The second-order valence-corrected chi connectivity index (χ2v) is 12.8. The number of aldehydes is 1. The van der Waals surface area contributed by atoms with Gasteiger partial charge in [-0.1, -0.05) is 18.2 Å². The number of ether oxygens (including phenoxy) is 1. The van der Waals surface area contributed by atoms with Crippen LogP contribution in [0.3, 0.4) is 0 Å². The number of likely N-dealkylation sites (N-methyl/N-ethyl adjacent to an activating group) is 1. The molecular weight excluding hydrogens is 585 g/mol. The summed E-state index contributed by atoms with van der Waals surface area (Å²) >= 11 is 0. The molecule has 0 aliphatic carbocycles. The zero-order chi connectivity index (χ0) is 33.8. The lowest BCUT2D eigenvalue weighted by atomic mass is 9.55. The summed E-state index contributed by atoms with van der Waals surface area (Å²) in [5.41, 5.74) is -6.53. The monoisotopic (exact) mass is 622 g/mol. The third kappa shape index (κ3) is 6.51. The molecule has 0 saturated carbocycles. The minimum atomic E-state index is -3.08. The number of carbonyl (C=O) groups excluding carboxylic acids is 3. The van der Waals surface area contributed by atoms with Crippen LogP contribution in [0.25, 0.3) is 0 Å². The Kier molecular flexibility index (Phi) is 9.05. The molecule has 2 aliphatic heterocycles. The van der Waals surface area contributed by atoms with Crippen LogP contribution in [-0.4, -0.2) is 112 Å². The van der Waals surface area contributed by atoms with Crippen molar-refractivity contribution in [2.24, 2.45) is 0 Å². The number of rotatable bonds is 10. The fourth-order valence-electron chi connectivity index (χ4n) is 6.04. The van der Waals surface area contributed by atoms with E-state index in [0.29, 0.717) is 11.3 Å². The molecule has 3 unspecified atom stereocenters. The zero-order valence-electron chi connectivity index (χ0n) is 25.8. The van der Waals surface area contributed by atoms with Gasteiger partial charge < -0.3 is 45.5 Å². The van der Waals surface area contributed by atoms with Crippen LogP contribution >= 0.6 is 0 Å². The highest BCUT2D eigenvalue weighted by Crippen LogP contribution is 2.37. The van der Waals surface area contributed by atoms with Crippen molar-refractivity contribution in [1.29, 1.82) is 0 Å². The van der Waals surface area contributed by atoms with Gasteiger partial charge in [-0.15, -0.1) is 0 Å². The van der Waals surface area contributed by atoms with E-state index in [2.05, 4.69) is 10.6 Å². The molecule has 4 radical (unpaired) electrons. The highest BCUT2D eigenvalue weighted by atomic mass is 19.1. The molecule has 1 fully saturated rings. The summed E-state index contributed by atoms with van der Waals surface area (Å²) in [5.74, 6) is -4.91. The predicted molar refractivity (Wildman–Crippen MR) is 162 cm³/mol. The zero-order valence-corrected chi connectivity index (χ0v) is 25.8. The van der Waals surface area contributed by atoms with Gasteiger partial charge in [-0.05, 0) is 45.9 Å². The first-order valence-corrected chi connectivity index (χ1v) is 14.2. The third-order valence-corrected chi connectivity index (χ3v) is 8.09. The number of anilines is 1. The molecule has 15 heteroatoms. The average molecular weight is 622 g/mol. The van der Waals surface area contributed by atoms with Gasteiger partial charge in [-0.25, -0.2) is 9.29 Å². The summed E-state index contributed by atoms with van der Waals surface area (Å²) in [6.07, 6.45) is -0.233. The van der Waals surface area contributed by atoms with E-state index in [1.54, 1.807) is 12.1 Å². The average Bonchev–Trinajstić information content (AvgIpc) is 3.26. The van der Waals surface area contributed by atoms with Crippen LogP contribution < -0.4 is 10.6 Å². The fraction of sp³-hybridized carbons (Fsp3) is 0.500. The molecule has 6 N–H and O–H groups in total. The van der Waals surface area contributed by atoms with Crippen molar-refractivity contribution in [1.82, 2.24) is 15.1 Å². The standard InChI is InChI=1S/C30H37B2FN4O8/c1-26(2)14-36(15-27(3,4)45-26)30(43,44)18-10-9-17(21(33)11-18)12-35-22-8-6-7-19-20(22)13-37(25(19)40)23(24(39)34-5)29(32,42)28(31,41)16-38/h6-11,16,23,35,41-44H,12-15H2,1-5H3,(H,34,39). The van der Waals surface area contributed by atoms with E-state index in [9.17, 15) is 34.8 Å². The molecule has 12 nitrogen and oxygen atoms in total. The molecule has 0 spiro atoms. The summed E-state index contributed by atoms with van der Waals surface area (Å²) in [7, 11) is 12.5. The third-order valence-electron chi connectivity index (χ3n) is 8.09. The molecule has 0 bridgehead atoms. The van der Waals surface area contributed by atoms with Crippen LogP contribution in [0.15, 0.2) is 36.4 Å². The number of carbonyl (C=O) groups is 3. The van der Waals surface area contributed by atoms with Gasteiger partial charge in [0.05, 0.1) is 22.2 Å². The SMILES string of the molecule is [B]C(O)(C=O)C([B])(O)C(C(=O)NC)N1Cc2c(NCc3ccc(C(O)(O)N4CC(C)(C)OC(C)(C)C4)cc3F)cccc2C1=O. The van der Waals surface area contributed by atoms with Gasteiger partial charge in [0.1, 0.15) is 33.8 Å². The van der Waals surface area contributed by atoms with E-state index in [1.165, 1.54) is 30.1 Å². The van der Waals surface area contributed by atoms with Crippen molar-refractivity contribution in [3.05, 3.63) is 64.5 Å². The van der Waals surface area contributed by atoms with Crippen molar-refractivity contribution in [2.75, 3.05) is 25.5 Å². The molecular formula is C30H37B2FN4O8. The van der Waals surface area contributed by atoms with E-state index in [0.717, 1.165) is 11.0 Å². The number of nitrogens with zero attached hydrogens (tertiary/aromatic N) is 2. The van der Waals surface area contributed by atoms with E-state index in [1.807, 2.05) is 27.7 Å². The largest absolute Gasteiger partial charge is 0.395 e. The molecule has 2 aromatic carbocycles. The molecule has 0 aromatic heterocycles. The van der Waals surface area contributed by atoms with E-state index >= 15 is 4.39 Å². The summed E-state index contributed by atoms with van der Waals surface area (Å²) < 4.78 is 21.4. The second kappa shape index (κ2) is 11.8. The van der Waals surface area contributed by atoms with Crippen LogP contribution in [0.2, 0.25) is 0 Å². The van der Waals surface area contributed by atoms with Crippen molar-refractivity contribution in [2.45, 2.75) is 74.9 Å². The Balaban J connectivity index is 1.56. The normalized spacial score (nSPS) is 21.3. The number of hydrogen-bond donors (Lipinski definition) is 6. The van der Waals surface area contributed by atoms with E-state index in [4.69, 9.17) is 20.4 Å². The van der Waals surface area contributed by atoms with Crippen LogP contribution in [0, 0.1) is 5.82 Å². The van der Waals surface area contributed by atoms with Gasteiger partial charge in [0.15, 0.2) is 0 Å². The highest BCUT2D eigenvalue weighted by Gasteiger charge is 2.54. The maximum Gasteiger partial charge on any atom is 0.255 e. The number of nitrogens with one attached hydrogen (secondary N) is 2. The lowest BCUT2D eigenvalue weighted by Crippen LogP contribution is -2.71. The minimum Gasteiger partial charge on any atom is -0.395 e. The molecule has 4 rings (SSSR count). The Hall–Kier alpha value is -3.33. The predicted octanol–water partition coefficient (Wildman–Crippen LogP) is -0.594. The number of benzene rings is 2. The smallest absolute Gasteiger partial charge is 0.255 e. The van der Waals surface area contributed by atoms with E-state index < -0.39 is 51.8 Å². The lowest BCUT2D eigenvalue weighted by molar-refractivity contribution is -0.321. The summed E-state index contributed by atoms with van der Waals surface area (Å²) in [5, 5.41) is 48.6. The van der Waals surface area contributed by atoms with Crippen molar-refractivity contribution in [3.8, 4) is 0 Å². The van der Waals surface area contributed by atoms with Gasteiger partial charge in [0.2, 0.25) is 5.91 Å². The number of morpholine rings is 1. The quantitative estimate of drug-likeness (QED) is 0.114. The van der Waals surface area contributed by atoms with Crippen molar-refractivity contribution >= 4 is 39.5 Å². The molecule has 238 valence electrons. The lowest BCUT2D eigenvalue weighted by Gasteiger charge is -2.50. The van der Waals surface area contributed by atoms with Crippen LogP contribution in [0.5, 0.6) is 0 Å². The number of aliphatic hydroxyl groups is 4. The van der Waals surface area contributed by atoms with Crippen molar-refractivity contribution < 1.29 is 43.9 Å². The Labute approximate surface area is 263 Å². The maximum absolute atomic E-state index is 15.3. The molecule has 2 aliphatic rings. The van der Waals surface area contributed by atoms with Crippen LogP contribution in [0.1, 0.15) is 54.7 Å². The number of halogens is 1. The first-order chi connectivity index (χ1) is 20.7. The highest BCUT2D eigenvalue weighted by molar-refractivity contribution is 6.33. The summed E-state index contributed by atoms with van der Waals surface area (Å²) in [6.45, 7) is 7.33. The second-order valence-electron chi connectivity index (χ2n) is 12.8. The summed E-state index contributed by atoms with van der Waals surface area (Å²) in [6, 6.07) is 6.53. The molecule has 3 atom stereocenters. The van der Waals surface area contributed by atoms with Gasteiger partial charge in [-0.2, -0.15) is 0 Å². The van der Waals surface area contributed by atoms with Crippen LogP contribution in [0.4, 0.5) is 10.1 Å². The number of fused-ring (bicyclic) bond motifs is 1. The van der Waals surface area contributed by atoms with E-state index in [-0.39, 0.29) is 49.2 Å². The van der Waals surface area contributed by atoms with Gasteiger partial charge >= 0.3 is 0 Å². The molecule has 2 amide bonds. The molecule has 1 saturated heterocycles. The molecule has 2 aromatic rings. The number of hydrogen-bond acceptors (Lipinski definition) is 10. The van der Waals surface area contributed by atoms with Gasteiger partial charge in [0.25, 0.3) is 11.8 Å². The Bertz CT molecular complexity index is 1480.